The third-order valence-electron chi connectivity index (χ3n) is 12.7. The standard InChI is InChI=1S/C24H24/c1-3-20-8-14-13-9-21(4-2)16-5-12-6-22(11-20)17(14)24(15(13)10-20)18(21)23(16,7-12)19(22)24/h1-2,12-19H,5-11H2. The molecular formula is C24H24. The van der Waals surface area contributed by atoms with Gasteiger partial charge < -0.3 is 0 Å². The summed E-state index contributed by atoms with van der Waals surface area (Å²) in [6, 6.07) is 0. The van der Waals surface area contributed by atoms with Gasteiger partial charge in [0.2, 0.25) is 0 Å². The van der Waals surface area contributed by atoms with E-state index in [2.05, 4.69) is 11.8 Å². The Morgan fingerprint density at radius 1 is 0.875 bits per heavy atom. The zero-order chi connectivity index (χ0) is 15.5. The molecular weight excluding hydrogens is 288 g/mol. The Bertz CT molecular complexity index is 885. The minimum absolute atomic E-state index is 0.293. The maximum Gasteiger partial charge on any atom is 0.0387 e. The van der Waals surface area contributed by atoms with E-state index in [4.69, 9.17) is 12.8 Å². The van der Waals surface area contributed by atoms with Crippen molar-refractivity contribution >= 4 is 0 Å². The van der Waals surface area contributed by atoms with Gasteiger partial charge in [-0.1, -0.05) is 11.8 Å². The lowest BCUT2D eigenvalue weighted by atomic mass is 9.07. The van der Waals surface area contributed by atoms with Crippen molar-refractivity contribution in [1.82, 2.24) is 0 Å². The molecule has 9 aliphatic rings. The van der Waals surface area contributed by atoms with E-state index in [0.29, 0.717) is 21.7 Å². The Labute approximate surface area is 144 Å². The molecule has 9 saturated carbocycles. The van der Waals surface area contributed by atoms with Crippen molar-refractivity contribution in [3.8, 4) is 24.7 Å². The van der Waals surface area contributed by atoms with Crippen LogP contribution in [0.4, 0.5) is 0 Å². The van der Waals surface area contributed by atoms with Gasteiger partial charge in [0.25, 0.3) is 0 Å². The van der Waals surface area contributed by atoms with Crippen LogP contribution in [0.15, 0.2) is 0 Å². The molecule has 0 saturated heterocycles. The van der Waals surface area contributed by atoms with Crippen LogP contribution in [0.25, 0.3) is 0 Å². The van der Waals surface area contributed by atoms with Crippen LogP contribution in [0, 0.1) is 99.1 Å². The molecule has 9 fully saturated rings. The van der Waals surface area contributed by atoms with Crippen molar-refractivity contribution in [1.29, 1.82) is 0 Å². The molecule has 0 N–H and O–H groups in total. The normalized spacial score (nSPS) is 83.4. The molecule has 0 nitrogen and oxygen atoms in total. The molecule has 7 bridgehead atoms. The molecule has 0 aliphatic heterocycles. The number of hydrogen-bond acceptors (Lipinski definition) is 0. The Hall–Kier alpha value is -0.880. The highest BCUT2D eigenvalue weighted by molar-refractivity contribution is 5.54. The van der Waals surface area contributed by atoms with E-state index < -0.39 is 0 Å². The first kappa shape index (κ1) is 11.7. The molecule has 13 unspecified atom stereocenters. The number of terminal acetylenes is 2. The van der Waals surface area contributed by atoms with Crippen LogP contribution >= 0.6 is 0 Å². The smallest absolute Gasteiger partial charge is 0.0387 e. The lowest BCUT2D eigenvalue weighted by Gasteiger charge is -2.95. The van der Waals surface area contributed by atoms with Crippen molar-refractivity contribution in [3.63, 3.8) is 0 Å². The summed E-state index contributed by atoms with van der Waals surface area (Å²) in [7, 11) is 0. The van der Waals surface area contributed by atoms with Crippen molar-refractivity contribution in [3.05, 3.63) is 0 Å². The quantitative estimate of drug-likeness (QED) is 0.594. The first-order valence-corrected chi connectivity index (χ1v) is 10.6. The second kappa shape index (κ2) is 2.56. The number of rotatable bonds is 0. The third-order valence-corrected chi connectivity index (χ3v) is 12.7. The fraction of sp³-hybridized carbons (Fsp3) is 0.833. The van der Waals surface area contributed by atoms with Gasteiger partial charge in [0, 0.05) is 10.8 Å². The van der Waals surface area contributed by atoms with Crippen molar-refractivity contribution < 1.29 is 0 Å². The SMILES string of the molecule is C#CC12CC3C4CC5(C#C)C6CC7CC8(C1)C3C1(C4C2)C5C6(C7)C81. The van der Waals surface area contributed by atoms with Crippen LogP contribution in [0.5, 0.6) is 0 Å². The molecule has 0 aromatic rings. The predicted octanol–water partition coefficient (Wildman–Crippen LogP) is 3.97. The van der Waals surface area contributed by atoms with Gasteiger partial charge in [-0.15, -0.1) is 12.8 Å². The molecule has 120 valence electrons. The zero-order valence-electron chi connectivity index (χ0n) is 14.2. The molecule has 0 heteroatoms. The van der Waals surface area contributed by atoms with Gasteiger partial charge in [-0.2, -0.15) is 0 Å². The third kappa shape index (κ3) is 0.613. The molecule has 0 aromatic heterocycles. The molecule has 0 amide bonds. The molecule has 9 rings (SSSR count). The van der Waals surface area contributed by atoms with Crippen LogP contribution in [0.3, 0.4) is 0 Å². The largest absolute Gasteiger partial charge is 0.120 e. The second-order valence-electron chi connectivity index (χ2n) is 12.1. The fourth-order valence-electron chi connectivity index (χ4n) is 14.1. The maximum atomic E-state index is 6.35. The minimum atomic E-state index is 0.293. The van der Waals surface area contributed by atoms with Gasteiger partial charge in [0.05, 0.1) is 0 Å². The highest BCUT2D eigenvalue weighted by Crippen LogP contribution is 3.09. The molecule has 3 spiro atoms. The molecule has 24 heavy (non-hydrogen) atoms. The van der Waals surface area contributed by atoms with Crippen LogP contribution in [0.1, 0.15) is 44.9 Å². The fourth-order valence-corrected chi connectivity index (χ4v) is 14.1. The van der Waals surface area contributed by atoms with Gasteiger partial charge in [0.1, 0.15) is 0 Å². The highest BCUT2D eigenvalue weighted by Gasteiger charge is 3.05. The number of fused-ring (bicyclic) bond motifs is 3. The van der Waals surface area contributed by atoms with Crippen LogP contribution in [-0.2, 0) is 0 Å². The van der Waals surface area contributed by atoms with Crippen molar-refractivity contribution in [2.45, 2.75) is 44.9 Å². The first-order chi connectivity index (χ1) is 11.6. The van der Waals surface area contributed by atoms with E-state index in [1.165, 1.54) is 32.1 Å². The Kier molecular flexibility index (Phi) is 1.24. The van der Waals surface area contributed by atoms with Crippen molar-refractivity contribution in [2.75, 3.05) is 0 Å². The van der Waals surface area contributed by atoms with Gasteiger partial charge >= 0.3 is 0 Å². The number of hydrogen-bond donors (Lipinski definition) is 0. The predicted molar refractivity (Wildman–Crippen MR) is 90.1 cm³/mol. The molecule has 9 aliphatic carbocycles. The summed E-state index contributed by atoms with van der Waals surface area (Å²) in [5, 5.41) is 0. The summed E-state index contributed by atoms with van der Waals surface area (Å²) < 4.78 is 0. The van der Waals surface area contributed by atoms with Crippen LogP contribution < -0.4 is 0 Å². The van der Waals surface area contributed by atoms with E-state index in [1.54, 1.807) is 12.8 Å². The van der Waals surface area contributed by atoms with E-state index in [-0.39, 0.29) is 0 Å². The van der Waals surface area contributed by atoms with E-state index in [1.807, 2.05) is 0 Å². The monoisotopic (exact) mass is 312 g/mol. The zero-order valence-corrected chi connectivity index (χ0v) is 14.2. The van der Waals surface area contributed by atoms with Gasteiger partial charge in [-0.05, 0) is 109 Å². The molecule has 0 aromatic carbocycles. The molecule has 13 atom stereocenters. The lowest BCUT2D eigenvalue weighted by Crippen LogP contribution is -2.93. The molecule has 0 radical (unpaired) electrons. The topological polar surface area (TPSA) is 0 Å². The Balaban J connectivity index is 1.44. The lowest BCUT2D eigenvalue weighted by molar-refractivity contribution is -0.491. The summed E-state index contributed by atoms with van der Waals surface area (Å²) in [5.41, 5.74) is 2.77. The summed E-state index contributed by atoms with van der Waals surface area (Å²) in [4.78, 5) is 0. The average molecular weight is 312 g/mol. The van der Waals surface area contributed by atoms with E-state index in [0.717, 1.165) is 52.8 Å². The first-order valence-electron chi connectivity index (χ1n) is 10.6. The summed E-state index contributed by atoms with van der Waals surface area (Å²) in [6.45, 7) is 0. The van der Waals surface area contributed by atoms with Gasteiger partial charge in [-0.3, -0.25) is 0 Å². The average Bonchev–Trinajstić information content (AvgIpc) is 2.86. The second-order valence-corrected chi connectivity index (χ2v) is 12.1. The Morgan fingerprint density at radius 3 is 2.62 bits per heavy atom. The Morgan fingerprint density at radius 2 is 1.79 bits per heavy atom. The van der Waals surface area contributed by atoms with Crippen LogP contribution in [0.2, 0.25) is 0 Å². The summed E-state index contributed by atoms with van der Waals surface area (Å²) in [5.74, 6) is 14.9. The highest BCUT2D eigenvalue weighted by atomic mass is 15.1. The van der Waals surface area contributed by atoms with Crippen LogP contribution in [-0.4, -0.2) is 0 Å². The molecule has 0 heterocycles. The van der Waals surface area contributed by atoms with Crippen molar-refractivity contribution in [2.24, 2.45) is 74.4 Å². The summed E-state index contributed by atoms with van der Waals surface area (Å²) >= 11 is 0. The van der Waals surface area contributed by atoms with E-state index >= 15 is 0 Å². The van der Waals surface area contributed by atoms with Gasteiger partial charge in [-0.25, -0.2) is 0 Å². The summed E-state index contributed by atoms with van der Waals surface area (Å²) in [6.07, 6.45) is 22.8. The van der Waals surface area contributed by atoms with E-state index in [9.17, 15) is 0 Å². The van der Waals surface area contributed by atoms with Gasteiger partial charge in [0.15, 0.2) is 0 Å². The maximum absolute atomic E-state index is 6.35. The minimum Gasteiger partial charge on any atom is -0.120 e.